The fourth-order valence-corrected chi connectivity index (χ4v) is 0.329. The summed E-state index contributed by atoms with van der Waals surface area (Å²) >= 11 is 3.60. The van der Waals surface area contributed by atoms with Crippen LogP contribution in [0.25, 0.3) is 0 Å². The second-order valence-electron chi connectivity index (χ2n) is 1.84. The van der Waals surface area contributed by atoms with Gasteiger partial charge in [0.2, 0.25) is 0 Å². The molecule has 76 valence electrons. The first-order valence-corrected chi connectivity index (χ1v) is 5.97. The lowest BCUT2D eigenvalue weighted by Crippen LogP contribution is -2.27. The van der Waals surface area contributed by atoms with E-state index in [2.05, 4.69) is 17.1 Å². The summed E-state index contributed by atoms with van der Waals surface area (Å²) in [6.07, 6.45) is 0. The van der Waals surface area contributed by atoms with Crippen LogP contribution in [0.5, 0.6) is 0 Å². The summed E-state index contributed by atoms with van der Waals surface area (Å²) in [6.45, 7) is -0.672. The molecule has 0 rings (SSSR count). The molecular weight excluding hydrogens is 201 g/mol. The Kier molecular flexibility index (Phi) is 11.8. The van der Waals surface area contributed by atoms with E-state index in [1.165, 1.54) is 0 Å². The zero-order valence-corrected chi connectivity index (χ0v) is 8.39. The molecule has 0 aliphatic rings. The molecule has 0 aromatic rings. The van der Waals surface area contributed by atoms with Crippen LogP contribution in [0.4, 0.5) is 0 Å². The van der Waals surface area contributed by atoms with Crippen molar-refractivity contribution in [1.29, 1.82) is 0 Å². The molecule has 0 spiro atoms. The Bertz CT molecular complexity index is 118. The lowest BCUT2D eigenvalue weighted by atomic mass is 10.6. The van der Waals surface area contributed by atoms with Crippen LogP contribution in [0.1, 0.15) is 0 Å². The highest BCUT2D eigenvalue weighted by molar-refractivity contribution is 8.06. The van der Waals surface area contributed by atoms with Crippen molar-refractivity contribution in [3.05, 3.63) is 0 Å². The summed E-state index contributed by atoms with van der Waals surface area (Å²) in [5.74, 6) is 0. The molecule has 0 amide bonds. The Morgan fingerprint density at radius 2 is 1.33 bits per heavy atom. The predicted molar refractivity (Wildman–Crippen MR) is 51.9 cm³/mol. The summed E-state index contributed by atoms with van der Waals surface area (Å²) in [5, 5.41) is 3.03. The molecule has 0 aromatic carbocycles. The normalized spacial score (nSPS) is 10.4. The Morgan fingerprint density at radius 3 is 1.50 bits per heavy atom. The van der Waals surface area contributed by atoms with Crippen LogP contribution in [-0.4, -0.2) is 40.9 Å². The molecule has 0 saturated carbocycles. The van der Waals surface area contributed by atoms with Gasteiger partial charge in [-0.2, -0.15) is 0 Å². The molecule has 0 bridgehead atoms. The fraction of sp³-hybridized carbons (Fsp3) is 1.00. The molecule has 8 N–H and O–H groups in total. The predicted octanol–water partition coefficient (Wildman–Crippen LogP) is -2.32. The average molecular weight is 217 g/mol. The van der Waals surface area contributed by atoms with Crippen LogP contribution in [0.3, 0.4) is 0 Å². The standard InChI is InChI=1S/C4H13N3.H3O3PS/c5-1-3-7-4-2-6;1-4(2,3)5/h7H,1-6H2;(H3,1,2,3,5). The Morgan fingerprint density at radius 1 is 1.08 bits per heavy atom. The SMILES string of the molecule is NCCNCCN.OP(O)(O)=S. The first kappa shape index (κ1) is 14.9. The molecule has 12 heavy (non-hydrogen) atoms. The van der Waals surface area contributed by atoms with Crippen LogP contribution < -0.4 is 16.8 Å². The third kappa shape index (κ3) is 47.4. The maximum Gasteiger partial charge on any atom is 0.319 e. The van der Waals surface area contributed by atoms with E-state index in [0.717, 1.165) is 13.1 Å². The molecule has 8 heteroatoms. The second kappa shape index (κ2) is 9.50. The van der Waals surface area contributed by atoms with Crippen LogP contribution >= 0.6 is 6.72 Å². The van der Waals surface area contributed by atoms with Crippen molar-refractivity contribution in [1.82, 2.24) is 5.32 Å². The van der Waals surface area contributed by atoms with Crippen molar-refractivity contribution in [2.24, 2.45) is 11.5 Å². The molecule has 0 aliphatic heterocycles. The van der Waals surface area contributed by atoms with Gasteiger partial charge in [0, 0.05) is 26.2 Å². The lowest BCUT2D eigenvalue weighted by Gasteiger charge is -1.95. The molecule has 0 heterocycles. The van der Waals surface area contributed by atoms with E-state index in [-0.39, 0.29) is 0 Å². The average Bonchev–Trinajstić information content (AvgIpc) is 1.85. The lowest BCUT2D eigenvalue weighted by molar-refractivity contribution is 0.363. The molecular formula is C4H16N3O3PS. The van der Waals surface area contributed by atoms with Gasteiger partial charge in [-0.05, 0) is 11.8 Å². The van der Waals surface area contributed by atoms with Gasteiger partial charge in [0.15, 0.2) is 0 Å². The fourth-order valence-electron chi connectivity index (χ4n) is 0.329. The highest BCUT2D eigenvalue weighted by Crippen LogP contribution is 2.26. The molecule has 0 unspecified atom stereocenters. The largest absolute Gasteiger partial charge is 0.329 e. The zero-order valence-electron chi connectivity index (χ0n) is 6.68. The zero-order chi connectivity index (χ0) is 10.0. The van der Waals surface area contributed by atoms with Gasteiger partial charge in [0.25, 0.3) is 0 Å². The minimum atomic E-state index is -3.81. The topological polar surface area (TPSA) is 125 Å². The Hall–Kier alpha value is 0.410. The van der Waals surface area contributed by atoms with E-state index in [0.29, 0.717) is 13.1 Å². The number of hydrogen-bond donors (Lipinski definition) is 6. The van der Waals surface area contributed by atoms with Gasteiger partial charge >= 0.3 is 6.72 Å². The van der Waals surface area contributed by atoms with Crippen molar-refractivity contribution >= 4 is 18.5 Å². The number of nitrogens with one attached hydrogen (secondary N) is 1. The van der Waals surface area contributed by atoms with Gasteiger partial charge in [-0.3, -0.25) is 0 Å². The van der Waals surface area contributed by atoms with E-state index in [4.69, 9.17) is 26.1 Å². The highest BCUT2D eigenvalue weighted by atomic mass is 32.5. The molecule has 0 fully saturated rings. The summed E-state index contributed by atoms with van der Waals surface area (Å²) in [7, 11) is 0. The maximum absolute atomic E-state index is 7.56. The number of nitrogens with two attached hydrogens (primary N) is 2. The van der Waals surface area contributed by atoms with E-state index >= 15 is 0 Å². The van der Waals surface area contributed by atoms with Crippen molar-refractivity contribution < 1.29 is 14.7 Å². The van der Waals surface area contributed by atoms with Crippen LogP contribution in [0.2, 0.25) is 0 Å². The first-order valence-electron chi connectivity index (χ1n) is 3.31. The third-order valence-electron chi connectivity index (χ3n) is 0.642. The van der Waals surface area contributed by atoms with Gasteiger partial charge in [0.05, 0.1) is 0 Å². The smallest absolute Gasteiger partial charge is 0.319 e. The third-order valence-corrected chi connectivity index (χ3v) is 0.642. The van der Waals surface area contributed by atoms with Crippen LogP contribution in [0.15, 0.2) is 0 Å². The second-order valence-corrected chi connectivity index (χ2v) is 4.34. The van der Waals surface area contributed by atoms with Gasteiger partial charge in [-0.1, -0.05) is 0 Å². The molecule has 0 radical (unpaired) electrons. The minimum Gasteiger partial charge on any atom is -0.329 e. The van der Waals surface area contributed by atoms with Crippen molar-refractivity contribution in [2.75, 3.05) is 26.2 Å². The van der Waals surface area contributed by atoms with Gasteiger partial charge in [-0.15, -0.1) is 0 Å². The molecule has 0 atom stereocenters. The first-order chi connectivity index (χ1) is 5.41. The van der Waals surface area contributed by atoms with E-state index in [1.54, 1.807) is 0 Å². The van der Waals surface area contributed by atoms with Crippen molar-refractivity contribution in [3.8, 4) is 0 Å². The van der Waals surface area contributed by atoms with Crippen molar-refractivity contribution in [3.63, 3.8) is 0 Å². The minimum absolute atomic E-state index is 0.694. The molecule has 0 aromatic heterocycles. The maximum atomic E-state index is 7.56. The summed E-state index contributed by atoms with van der Waals surface area (Å²) in [6, 6.07) is 0. The highest BCUT2D eigenvalue weighted by Gasteiger charge is 1.92. The summed E-state index contributed by atoms with van der Waals surface area (Å²) in [5.41, 5.74) is 10.3. The van der Waals surface area contributed by atoms with Crippen LogP contribution in [0, 0.1) is 0 Å². The van der Waals surface area contributed by atoms with Crippen molar-refractivity contribution in [2.45, 2.75) is 0 Å². The molecule has 0 saturated heterocycles. The quantitative estimate of drug-likeness (QED) is 0.231. The summed E-state index contributed by atoms with van der Waals surface area (Å²) in [4.78, 5) is 22.7. The van der Waals surface area contributed by atoms with Crippen LogP contribution in [-0.2, 0) is 11.8 Å². The van der Waals surface area contributed by atoms with E-state index in [9.17, 15) is 0 Å². The van der Waals surface area contributed by atoms with Gasteiger partial charge < -0.3 is 31.5 Å². The Balaban J connectivity index is 0. The monoisotopic (exact) mass is 217 g/mol. The van der Waals surface area contributed by atoms with E-state index in [1.807, 2.05) is 0 Å². The van der Waals surface area contributed by atoms with Gasteiger partial charge in [0.1, 0.15) is 0 Å². The number of hydrogen-bond acceptors (Lipinski definition) is 4. The molecule has 0 aliphatic carbocycles. The van der Waals surface area contributed by atoms with Gasteiger partial charge in [-0.25, -0.2) is 0 Å². The Labute approximate surface area is 76.8 Å². The summed E-state index contributed by atoms with van der Waals surface area (Å²) < 4.78 is 0. The van der Waals surface area contributed by atoms with E-state index < -0.39 is 6.72 Å². The number of rotatable bonds is 4. The molecule has 6 nitrogen and oxygen atoms in total.